The minimum atomic E-state index is -3.56. The van der Waals surface area contributed by atoms with Gasteiger partial charge in [-0.05, 0) is 43.7 Å². The molecule has 0 aliphatic heterocycles. The largest absolute Gasteiger partial charge is 0.312 e. The molecule has 0 aromatic carbocycles. The highest BCUT2D eigenvalue weighted by atomic mass is 32.2. The van der Waals surface area contributed by atoms with E-state index in [9.17, 15) is 8.42 Å². The molecular formula is C14H19N3O2S2. The zero-order valence-electron chi connectivity index (χ0n) is 12.3. The maximum Gasteiger partial charge on any atom is 0.271 e. The van der Waals surface area contributed by atoms with Gasteiger partial charge >= 0.3 is 0 Å². The third kappa shape index (κ3) is 3.81. The van der Waals surface area contributed by atoms with Gasteiger partial charge in [0.1, 0.15) is 4.21 Å². The first-order valence-electron chi connectivity index (χ1n) is 6.67. The quantitative estimate of drug-likeness (QED) is 0.856. The van der Waals surface area contributed by atoms with Crippen LogP contribution in [0.5, 0.6) is 0 Å². The lowest BCUT2D eigenvalue weighted by atomic mass is 10.3. The van der Waals surface area contributed by atoms with Crippen molar-refractivity contribution in [2.75, 3.05) is 11.3 Å². The highest BCUT2D eigenvalue weighted by Crippen LogP contribution is 2.28. The molecule has 0 fully saturated rings. The Balaban J connectivity index is 2.26. The van der Waals surface area contributed by atoms with E-state index in [1.54, 1.807) is 18.3 Å². The van der Waals surface area contributed by atoms with E-state index >= 15 is 0 Å². The SMILES string of the molecule is CCNCc1sc(S(=O)(=O)Nc2cnccc2C)cc1C. The van der Waals surface area contributed by atoms with Crippen molar-refractivity contribution in [3.05, 3.63) is 40.5 Å². The van der Waals surface area contributed by atoms with Crippen molar-refractivity contribution in [1.82, 2.24) is 10.3 Å². The summed E-state index contributed by atoms with van der Waals surface area (Å²) in [6, 6.07) is 3.49. The minimum absolute atomic E-state index is 0.330. The number of thiophene rings is 1. The molecule has 0 unspecified atom stereocenters. The van der Waals surface area contributed by atoms with Crippen LogP contribution in [-0.2, 0) is 16.6 Å². The van der Waals surface area contributed by atoms with Crippen LogP contribution in [0.2, 0.25) is 0 Å². The van der Waals surface area contributed by atoms with Crippen molar-refractivity contribution in [2.45, 2.75) is 31.5 Å². The topological polar surface area (TPSA) is 71.1 Å². The standard InChI is InChI=1S/C14H19N3O2S2/c1-4-15-9-13-11(3)7-14(20-13)21(18,19)17-12-8-16-6-5-10(12)2/h5-8,15,17H,4,9H2,1-3H3. The Labute approximate surface area is 129 Å². The molecule has 0 saturated carbocycles. The Morgan fingerprint density at radius 2 is 2.05 bits per heavy atom. The summed E-state index contributed by atoms with van der Waals surface area (Å²) in [6.07, 6.45) is 3.16. The molecule has 5 nitrogen and oxygen atoms in total. The molecule has 2 aromatic rings. The Bertz CT molecular complexity index is 724. The summed E-state index contributed by atoms with van der Waals surface area (Å²) in [5.41, 5.74) is 2.34. The van der Waals surface area contributed by atoms with Gasteiger partial charge in [-0.2, -0.15) is 0 Å². The lowest BCUT2D eigenvalue weighted by molar-refractivity contribution is 0.603. The third-order valence-corrected chi connectivity index (χ3v) is 6.16. The van der Waals surface area contributed by atoms with Crippen LogP contribution in [0.1, 0.15) is 22.9 Å². The van der Waals surface area contributed by atoms with E-state index in [-0.39, 0.29) is 0 Å². The third-order valence-electron chi connectivity index (χ3n) is 3.08. The Morgan fingerprint density at radius 1 is 1.29 bits per heavy atom. The molecule has 0 aliphatic rings. The van der Waals surface area contributed by atoms with Gasteiger partial charge in [-0.1, -0.05) is 6.92 Å². The molecule has 7 heteroatoms. The summed E-state index contributed by atoms with van der Waals surface area (Å²) in [5.74, 6) is 0. The van der Waals surface area contributed by atoms with Gasteiger partial charge in [-0.25, -0.2) is 8.42 Å². The first-order chi connectivity index (χ1) is 9.94. The average Bonchev–Trinajstić information content (AvgIpc) is 2.81. The summed E-state index contributed by atoms with van der Waals surface area (Å²) >= 11 is 1.30. The average molecular weight is 325 g/mol. The van der Waals surface area contributed by atoms with E-state index in [1.807, 2.05) is 20.8 Å². The second-order valence-electron chi connectivity index (χ2n) is 4.75. The fraction of sp³-hybridized carbons (Fsp3) is 0.357. The Kier molecular flexibility index (Phi) is 4.97. The number of aryl methyl sites for hydroxylation is 2. The van der Waals surface area contributed by atoms with Crippen LogP contribution in [-0.4, -0.2) is 19.9 Å². The number of anilines is 1. The predicted molar refractivity (Wildman–Crippen MR) is 86.2 cm³/mol. The summed E-state index contributed by atoms with van der Waals surface area (Å²) in [6.45, 7) is 7.33. The molecule has 2 rings (SSSR count). The number of nitrogens with zero attached hydrogens (tertiary/aromatic N) is 1. The zero-order chi connectivity index (χ0) is 15.5. The normalized spacial score (nSPS) is 11.6. The van der Waals surface area contributed by atoms with Crippen LogP contribution in [0, 0.1) is 13.8 Å². The maximum absolute atomic E-state index is 12.4. The number of aromatic nitrogens is 1. The highest BCUT2D eigenvalue weighted by Gasteiger charge is 2.19. The molecule has 0 bridgehead atoms. The number of pyridine rings is 1. The molecule has 114 valence electrons. The van der Waals surface area contributed by atoms with Crippen LogP contribution in [0.4, 0.5) is 5.69 Å². The van der Waals surface area contributed by atoms with Gasteiger partial charge in [0.25, 0.3) is 10.0 Å². The second-order valence-corrected chi connectivity index (χ2v) is 7.79. The summed E-state index contributed by atoms with van der Waals surface area (Å²) in [7, 11) is -3.56. The van der Waals surface area contributed by atoms with E-state index in [2.05, 4.69) is 15.0 Å². The van der Waals surface area contributed by atoms with Gasteiger partial charge in [-0.15, -0.1) is 11.3 Å². The molecule has 21 heavy (non-hydrogen) atoms. The first-order valence-corrected chi connectivity index (χ1v) is 8.97. The molecule has 0 radical (unpaired) electrons. The van der Waals surface area contributed by atoms with Crippen LogP contribution in [0.3, 0.4) is 0 Å². The van der Waals surface area contributed by atoms with Gasteiger partial charge in [0.15, 0.2) is 0 Å². The van der Waals surface area contributed by atoms with Gasteiger partial charge in [0.05, 0.1) is 11.9 Å². The van der Waals surface area contributed by atoms with Crippen LogP contribution in [0.25, 0.3) is 0 Å². The van der Waals surface area contributed by atoms with Crippen molar-refractivity contribution in [2.24, 2.45) is 0 Å². The van der Waals surface area contributed by atoms with Crippen LogP contribution >= 0.6 is 11.3 Å². The molecule has 2 N–H and O–H groups in total. The number of rotatable bonds is 6. The lowest BCUT2D eigenvalue weighted by Gasteiger charge is -2.08. The van der Waals surface area contributed by atoms with Gasteiger partial charge < -0.3 is 5.32 Å². The number of nitrogens with one attached hydrogen (secondary N) is 2. The number of hydrogen-bond donors (Lipinski definition) is 2. The van der Waals surface area contributed by atoms with E-state index < -0.39 is 10.0 Å². The van der Waals surface area contributed by atoms with Crippen LogP contribution < -0.4 is 10.0 Å². The molecule has 0 saturated heterocycles. The zero-order valence-corrected chi connectivity index (χ0v) is 13.9. The molecular weight excluding hydrogens is 306 g/mol. The van der Waals surface area contributed by atoms with Gasteiger partial charge in [-0.3, -0.25) is 9.71 Å². The van der Waals surface area contributed by atoms with E-state index in [0.717, 1.165) is 22.5 Å². The van der Waals surface area contributed by atoms with Crippen molar-refractivity contribution in [3.8, 4) is 0 Å². The maximum atomic E-state index is 12.4. The number of sulfonamides is 1. The van der Waals surface area contributed by atoms with Crippen molar-refractivity contribution in [3.63, 3.8) is 0 Å². The van der Waals surface area contributed by atoms with Gasteiger partial charge in [0.2, 0.25) is 0 Å². The van der Waals surface area contributed by atoms with E-state index in [1.165, 1.54) is 17.5 Å². The molecule has 2 heterocycles. The van der Waals surface area contributed by atoms with E-state index in [4.69, 9.17) is 0 Å². The fourth-order valence-electron chi connectivity index (χ4n) is 1.80. The first kappa shape index (κ1) is 15.9. The lowest BCUT2D eigenvalue weighted by Crippen LogP contribution is -2.12. The van der Waals surface area contributed by atoms with Crippen molar-refractivity contribution in [1.29, 1.82) is 0 Å². The summed E-state index contributed by atoms with van der Waals surface area (Å²) in [5, 5.41) is 3.21. The van der Waals surface area contributed by atoms with Crippen molar-refractivity contribution >= 4 is 27.0 Å². The molecule has 2 aromatic heterocycles. The highest BCUT2D eigenvalue weighted by molar-refractivity contribution is 7.94. The Morgan fingerprint density at radius 3 is 2.71 bits per heavy atom. The Hall–Kier alpha value is -1.44. The molecule has 0 amide bonds. The van der Waals surface area contributed by atoms with Gasteiger partial charge in [0, 0.05) is 17.6 Å². The van der Waals surface area contributed by atoms with E-state index in [0.29, 0.717) is 16.4 Å². The molecule has 0 spiro atoms. The fourth-order valence-corrected chi connectivity index (χ4v) is 4.48. The van der Waals surface area contributed by atoms with Crippen molar-refractivity contribution < 1.29 is 8.42 Å². The summed E-state index contributed by atoms with van der Waals surface area (Å²) in [4.78, 5) is 4.99. The molecule has 0 aliphatic carbocycles. The van der Waals surface area contributed by atoms with Crippen LogP contribution in [0.15, 0.2) is 28.7 Å². The predicted octanol–water partition coefficient (Wildman–Crippen LogP) is 2.67. The monoisotopic (exact) mass is 325 g/mol. The number of hydrogen-bond acceptors (Lipinski definition) is 5. The summed E-state index contributed by atoms with van der Waals surface area (Å²) < 4.78 is 27.8. The second kappa shape index (κ2) is 6.55. The minimum Gasteiger partial charge on any atom is -0.312 e. The molecule has 0 atom stereocenters. The smallest absolute Gasteiger partial charge is 0.271 e.